The molecule has 1 N–H and O–H groups in total. The number of hydrogen-bond acceptors (Lipinski definition) is 4. The Bertz CT molecular complexity index is 413. The third kappa shape index (κ3) is 1.93. The lowest BCUT2D eigenvalue weighted by molar-refractivity contribution is 0.344. The molecule has 1 fully saturated rings. The van der Waals surface area contributed by atoms with Gasteiger partial charge in [0.15, 0.2) is 11.5 Å². The summed E-state index contributed by atoms with van der Waals surface area (Å²) in [5.41, 5.74) is 1.19. The Kier molecular flexibility index (Phi) is 3.15. The minimum Gasteiger partial charge on any atom is -0.496 e. The highest BCUT2D eigenvalue weighted by Gasteiger charge is 2.45. The summed E-state index contributed by atoms with van der Waals surface area (Å²) >= 11 is 0. The van der Waals surface area contributed by atoms with Crippen LogP contribution < -0.4 is 19.5 Å². The van der Waals surface area contributed by atoms with Crippen molar-refractivity contribution < 1.29 is 14.2 Å². The molecule has 1 aliphatic carbocycles. The van der Waals surface area contributed by atoms with Crippen molar-refractivity contribution in [2.45, 2.75) is 18.4 Å². The van der Waals surface area contributed by atoms with Gasteiger partial charge in [0.1, 0.15) is 5.75 Å². The van der Waals surface area contributed by atoms with Crippen LogP contribution in [0.2, 0.25) is 0 Å². The van der Waals surface area contributed by atoms with Gasteiger partial charge >= 0.3 is 0 Å². The molecule has 0 saturated heterocycles. The second kappa shape index (κ2) is 4.45. The van der Waals surface area contributed by atoms with Gasteiger partial charge in [0.25, 0.3) is 0 Å². The molecule has 0 amide bonds. The molecule has 0 aromatic heterocycles. The monoisotopic (exact) mass is 237 g/mol. The molecule has 17 heavy (non-hydrogen) atoms. The van der Waals surface area contributed by atoms with Gasteiger partial charge in [0.2, 0.25) is 0 Å². The molecule has 2 rings (SSSR count). The molecule has 1 aliphatic rings. The van der Waals surface area contributed by atoms with Crippen LogP contribution in [0, 0.1) is 0 Å². The largest absolute Gasteiger partial charge is 0.496 e. The van der Waals surface area contributed by atoms with Crippen LogP contribution in [0.15, 0.2) is 12.1 Å². The SMILES string of the molecule is CNC1(c2cc(OC)c(OC)cc2OC)CC1. The van der Waals surface area contributed by atoms with Crippen molar-refractivity contribution in [3.8, 4) is 17.2 Å². The van der Waals surface area contributed by atoms with E-state index in [4.69, 9.17) is 14.2 Å². The van der Waals surface area contributed by atoms with E-state index in [1.54, 1.807) is 21.3 Å². The van der Waals surface area contributed by atoms with E-state index in [0.29, 0.717) is 5.75 Å². The van der Waals surface area contributed by atoms with E-state index in [9.17, 15) is 0 Å². The highest BCUT2D eigenvalue weighted by atomic mass is 16.5. The van der Waals surface area contributed by atoms with Gasteiger partial charge in [-0.25, -0.2) is 0 Å². The zero-order valence-corrected chi connectivity index (χ0v) is 10.8. The Balaban J connectivity index is 2.50. The molecule has 0 aliphatic heterocycles. The van der Waals surface area contributed by atoms with Crippen molar-refractivity contribution in [2.24, 2.45) is 0 Å². The normalized spacial score (nSPS) is 16.5. The van der Waals surface area contributed by atoms with E-state index in [-0.39, 0.29) is 5.54 Å². The van der Waals surface area contributed by atoms with Gasteiger partial charge in [-0.15, -0.1) is 0 Å². The van der Waals surface area contributed by atoms with E-state index < -0.39 is 0 Å². The second-order valence-corrected chi connectivity index (χ2v) is 4.24. The summed E-state index contributed by atoms with van der Waals surface area (Å²) in [6, 6.07) is 3.88. The standard InChI is InChI=1S/C13H19NO3/c1-14-13(5-6-13)9-7-11(16-3)12(17-4)8-10(9)15-2/h7-8,14H,5-6H2,1-4H3. The molecule has 0 radical (unpaired) electrons. The smallest absolute Gasteiger partial charge is 0.164 e. The zero-order chi connectivity index (χ0) is 12.5. The highest BCUT2D eigenvalue weighted by molar-refractivity contribution is 5.54. The van der Waals surface area contributed by atoms with Crippen LogP contribution in [0.25, 0.3) is 0 Å². The van der Waals surface area contributed by atoms with Crippen LogP contribution in [0.5, 0.6) is 17.2 Å². The maximum Gasteiger partial charge on any atom is 0.164 e. The Labute approximate surface area is 102 Å². The number of ether oxygens (including phenoxy) is 3. The van der Waals surface area contributed by atoms with Crippen molar-refractivity contribution in [3.05, 3.63) is 17.7 Å². The molecule has 0 unspecified atom stereocenters. The first kappa shape index (κ1) is 12.0. The zero-order valence-electron chi connectivity index (χ0n) is 10.8. The van der Waals surface area contributed by atoms with Crippen LogP contribution in [-0.2, 0) is 5.54 Å². The van der Waals surface area contributed by atoms with E-state index in [0.717, 1.165) is 29.9 Å². The molecule has 1 aromatic carbocycles. The first-order valence-electron chi connectivity index (χ1n) is 5.70. The second-order valence-electron chi connectivity index (χ2n) is 4.24. The third-order valence-electron chi connectivity index (χ3n) is 3.45. The summed E-state index contributed by atoms with van der Waals surface area (Å²) in [6.45, 7) is 0. The van der Waals surface area contributed by atoms with Crippen LogP contribution in [-0.4, -0.2) is 28.4 Å². The number of methoxy groups -OCH3 is 3. The Morgan fingerprint density at radius 3 is 1.88 bits per heavy atom. The molecular weight excluding hydrogens is 218 g/mol. The molecular formula is C13H19NO3. The van der Waals surface area contributed by atoms with Gasteiger partial charge in [0, 0.05) is 17.2 Å². The van der Waals surface area contributed by atoms with E-state index in [1.807, 2.05) is 19.2 Å². The topological polar surface area (TPSA) is 39.7 Å². The van der Waals surface area contributed by atoms with Gasteiger partial charge in [-0.1, -0.05) is 0 Å². The molecule has 0 bridgehead atoms. The van der Waals surface area contributed by atoms with Crippen LogP contribution >= 0.6 is 0 Å². The number of benzene rings is 1. The summed E-state index contributed by atoms with van der Waals surface area (Å²) in [5.74, 6) is 2.28. The van der Waals surface area contributed by atoms with E-state index >= 15 is 0 Å². The maximum atomic E-state index is 5.44. The average molecular weight is 237 g/mol. The van der Waals surface area contributed by atoms with E-state index in [1.165, 1.54) is 0 Å². The van der Waals surface area contributed by atoms with Crippen LogP contribution in [0.3, 0.4) is 0 Å². The highest BCUT2D eigenvalue weighted by Crippen LogP contribution is 2.51. The van der Waals surface area contributed by atoms with Crippen molar-refractivity contribution in [1.82, 2.24) is 5.32 Å². The lowest BCUT2D eigenvalue weighted by Gasteiger charge is -2.20. The predicted molar refractivity (Wildman–Crippen MR) is 66.1 cm³/mol. The van der Waals surface area contributed by atoms with Crippen molar-refractivity contribution >= 4 is 0 Å². The third-order valence-corrected chi connectivity index (χ3v) is 3.45. The lowest BCUT2D eigenvalue weighted by Crippen LogP contribution is -2.25. The number of rotatable bonds is 5. The summed E-state index contributed by atoms with van der Waals surface area (Å²) in [4.78, 5) is 0. The Hall–Kier alpha value is -1.42. The van der Waals surface area contributed by atoms with Crippen molar-refractivity contribution in [2.75, 3.05) is 28.4 Å². The molecule has 94 valence electrons. The quantitative estimate of drug-likeness (QED) is 0.849. The van der Waals surface area contributed by atoms with E-state index in [2.05, 4.69) is 5.32 Å². The molecule has 0 atom stereocenters. The fourth-order valence-corrected chi connectivity index (χ4v) is 2.18. The Morgan fingerprint density at radius 2 is 1.47 bits per heavy atom. The van der Waals surface area contributed by atoms with Gasteiger partial charge < -0.3 is 19.5 Å². The first-order valence-corrected chi connectivity index (χ1v) is 5.70. The molecule has 1 saturated carbocycles. The fraction of sp³-hybridized carbons (Fsp3) is 0.538. The van der Waals surface area contributed by atoms with Gasteiger partial charge in [-0.05, 0) is 26.0 Å². The molecule has 4 heteroatoms. The molecule has 0 heterocycles. The minimum atomic E-state index is 0.0465. The summed E-state index contributed by atoms with van der Waals surface area (Å²) in [6.07, 6.45) is 2.24. The summed E-state index contributed by atoms with van der Waals surface area (Å²) in [7, 11) is 6.93. The molecule has 1 aromatic rings. The van der Waals surface area contributed by atoms with Crippen molar-refractivity contribution in [3.63, 3.8) is 0 Å². The molecule has 0 spiro atoms. The molecule has 4 nitrogen and oxygen atoms in total. The number of hydrogen-bond donors (Lipinski definition) is 1. The number of nitrogens with one attached hydrogen (secondary N) is 1. The summed E-state index contributed by atoms with van der Waals surface area (Å²) < 4.78 is 16.1. The van der Waals surface area contributed by atoms with Gasteiger partial charge in [0.05, 0.1) is 21.3 Å². The minimum absolute atomic E-state index is 0.0465. The maximum absolute atomic E-state index is 5.44. The Morgan fingerprint density at radius 1 is 0.941 bits per heavy atom. The lowest BCUT2D eigenvalue weighted by atomic mass is 10.0. The first-order chi connectivity index (χ1) is 8.20. The van der Waals surface area contributed by atoms with Crippen LogP contribution in [0.1, 0.15) is 18.4 Å². The van der Waals surface area contributed by atoms with Gasteiger partial charge in [-0.3, -0.25) is 0 Å². The predicted octanol–water partition coefficient (Wildman–Crippen LogP) is 1.92. The fourth-order valence-electron chi connectivity index (χ4n) is 2.18. The van der Waals surface area contributed by atoms with Crippen LogP contribution in [0.4, 0.5) is 0 Å². The average Bonchev–Trinajstić information content (AvgIpc) is 3.18. The van der Waals surface area contributed by atoms with Gasteiger partial charge in [-0.2, -0.15) is 0 Å². The van der Waals surface area contributed by atoms with Crippen molar-refractivity contribution in [1.29, 1.82) is 0 Å². The summed E-state index contributed by atoms with van der Waals surface area (Å²) in [5, 5.41) is 3.36.